The molecule has 0 heterocycles. The molecule has 0 atom stereocenters. The molecule has 0 bridgehead atoms. The second kappa shape index (κ2) is 9.32. The first-order valence-corrected chi connectivity index (χ1v) is 7.22. The van der Waals surface area contributed by atoms with Crippen LogP contribution in [0, 0.1) is 0 Å². The Kier molecular flexibility index (Phi) is 9.50. The van der Waals surface area contributed by atoms with Gasteiger partial charge in [-0.3, -0.25) is 0 Å². The minimum Gasteiger partial charge on any atom is -0.500 e. The van der Waals surface area contributed by atoms with Crippen molar-refractivity contribution in [2.75, 3.05) is 6.61 Å². The van der Waals surface area contributed by atoms with E-state index in [0.29, 0.717) is 0 Å². The zero-order valence-electron chi connectivity index (χ0n) is 8.68. The maximum Gasteiger partial charge on any atom is 0.460 e. The van der Waals surface area contributed by atoms with Crippen LogP contribution in [0.5, 0.6) is 0 Å². The summed E-state index contributed by atoms with van der Waals surface area (Å²) < 4.78 is 5.77. The second-order valence-corrected chi connectivity index (χ2v) is 6.19. The van der Waals surface area contributed by atoms with Crippen molar-refractivity contribution in [2.24, 2.45) is 0 Å². The van der Waals surface area contributed by atoms with E-state index in [1.807, 2.05) is 0 Å². The number of allylic oxidation sites excluding steroid dienone is 1. The molecule has 0 aromatic carbocycles. The summed E-state index contributed by atoms with van der Waals surface area (Å²) in [7, 11) is 0. The van der Waals surface area contributed by atoms with Gasteiger partial charge in [0, 0.05) is 6.61 Å². The number of rotatable bonds is 7. The fourth-order valence-corrected chi connectivity index (χ4v) is 2.63. The first kappa shape index (κ1) is 12.2. The zero-order chi connectivity index (χ0) is 9.23. The van der Waals surface area contributed by atoms with Crippen molar-refractivity contribution < 1.29 is 3.79 Å². The molecule has 70 valence electrons. The van der Waals surface area contributed by atoms with E-state index in [4.69, 9.17) is 3.79 Å². The van der Waals surface area contributed by atoms with E-state index < -0.39 is 14.5 Å². The molecule has 0 aliphatic carbocycles. The van der Waals surface area contributed by atoms with Gasteiger partial charge in [0.25, 0.3) is 0 Å². The van der Waals surface area contributed by atoms with Gasteiger partial charge in [-0.1, -0.05) is 43.5 Å². The van der Waals surface area contributed by atoms with Crippen molar-refractivity contribution in [2.45, 2.75) is 44.2 Å². The summed E-state index contributed by atoms with van der Waals surface area (Å²) in [6.45, 7) is 7.58. The molecule has 0 rings (SSSR count). The molecule has 0 saturated heterocycles. The van der Waals surface area contributed by atoms with Crippen LogP contribution in [-0.4, -0.2) is 21.1 Å². The topological polar surface area (TPSA) is 9.23 Å². The predicted molar refractivity (Wildman–Crippen MR) is 56.7 cm³/mol. The van der Waals surface area contributed by atoms with E-state index in [-0.39, 0.29) is 0 Å². The molecule has 0 aliphatic rings. The molecule has 0 fully saturated rings. The molecule has 0 aromatic heterocycles. The van der Waals surface area contributed by atoms with Gasteiger partial charge in [0.2, 0.25) is 0 Å². The van der Waals surface area contributed by atoms with Crippen molar-refractivity contribution in [1.29, 1.82) is 0 Å². The highest BCUT2D eigenvalue weighted by atomic mass is 27.2. The summed E-state index contributed by atoms with van der Waals surface area (Å²) in [4.78, 5) is 0. The number of hydrogen-bond acceptors (Lipinski definition) is 1. The molecule has 0 aliphatic heterocycles. The van der Waals surface area contributed by atoms with Crippen LogP contribution in [0.15, 0.2) is 12.2 Å². The van der Waals surface area contributed by atoms with Crippen molar-refractivity contribution in [3.63, 3.8) is 0 Å². The fraction of sp³-hybridized carbons (Fsp3) is 0.800. The summed E-state index contributed by atoms with van der Waals surface area (Å²) in [6, 6.07) is 0. The van der Waals surface area contributed by atoms with Gasteiger partial charge in [-0.15, -0.1) is 0 Å². The highest BCUT2D eigenvalue weighted by molar-refractivity contribution is 6.51. The summed E-state index contributed by atoms with van der Waals surface area (Å²) >= 11 is -0.778. The normalized spacial score (nSPS) is 10.9. The van der Waals surface area contributed by atoms with Gasteiger partial charge in [-0.25, -0.2) is 0 Å². The Hall–Kier alpha value is 0.232. The largest absolute Gasteiger partial charge is 0.500 e. The van der Waals surface area contributed by atoms with Gasteiger partial charge in [0.05, 0.1) is 0 Å². The van der Waals surface area contributed by atoms with Crippen molar-refractivity contribution in [1.82, 2.24) is 0 Å². The maximum absolute atomic E-state index is 5.77. The molecule has 0 amide bonds. The van der Waals surface area contributed by atoms with Crippen LogP contribution in [0.2, 0.25) is 10.6 Å². The van der Waals surface area contributed by atoms with Gasteiger partial charge >= 0.3 is 14.5 Å². The predicted octanol–water partition coefficient (Wildman–Crippen LogP) is 3.39. The van der Waals surface area contributed by atoms with Gasteiger partial charge in [0.15, 0.2) is 0 Å². The van der Waals surface area contributed by atoms with E-state index in [1.165, 1.54) is 10.6 Å². The molecule has 0 aromatic rings. The molecular formula is C10H21AlO. The molecule has 1 nitrogen and oxygen atoms in total. The van der Waals surface area contributed by atoms with Crippen LogP contribution in [-0.2, 0) is 3.79 Å². The smallest absolute Gasteiger partial charge is 0.460 e. The van der Waals surface area contributed by atoms with Crippen molar-refractivity contribution in [3.8, 4) is 0 Å². The minimum absolute atomic E-state index is 0.778. The average Bonchev–Trinajstić information content (AvgIpc) is 2.11. The molecule has 0 N–H and O–H groups in total. The van der Waals surface area contributed by atoms with E-state index in [1.54, 1.807) is 0 Å². The lowest BCUT2D eigenvalue weighted by Gasteiger charge is -2.07. The molecule has 0 radical (unpaired) electrons. The molecule has 0 saturated carbocycles. The third-order valence-electron chi connectivity index (χ3n) is 1.95. The van der Waals surface area contributed by atoms with Gasteiger partial charge in [-0.2, -0.15) is 0 Å². The Balaban J connectivity index is 3.23. The zero-order valence-corrected chi connectivity index (χ0v) is 9.83. The Labute approximate surface area is 81.5 Å². The lowest BCUT2D eigenvalue weighted by Crippen LogP contribution is -2.15. The van der Waals surface area contributed by atoms with Crippen molar-refractivity contribution in [3.05, 3.63) is 12.2 Å². The minimum atomic E-state index is -0.778. The lowest BCUT2D eigenvalue weighted by molar-refractivity contribution is 0.327. The Morgan fingerprint density at radius 3 is 2.25 bits per heavy atom. The molecular weight excluding hydrogens is 163 g/mol. The quantitative estimate of drug-likeness (QED) is 0.335. The van der Waals surface area contributed by atoms with Gasteiger partial charge in [0.1, 0.15) is 0 Å². The van der Waals surface area contributed by atoms with Crippen LogP contribution in [0.4, 0.5) is 0 Å². The van der Waals surface area contributed by atoms with Crippen LogP contribution in [0.25, 0.3) is 0 Å². The summed E-state index contributed by atoms with van der Waals surface area (Å²) in [5, 5.41) is 2.54. The van der Waals surface area contributed by atoms with Crippen molar-refractivity contribution >= 4 is 14.5 Å². The van der Waals surface area contributed by atoms with Crippen LogP contribution in [0.1, 0.15) is 33.6 Å². The average molecular weight is 184 g/mol. The maximum atomic E-state index is 5.77. The van der Waals surface area contributed by atoms with Crippen LogP contribution >= 0.6 is 0 Å². The standard InChI is InChI=1S/C6H11O.2C2H5.Al/c1-2-3-4-5-6-7;2*1-2;/h3-4H,2,5-6H2,1H3;2*1H2,2H3;/q-1;;;+1/b4-3-;;;. The first-order chi connectivity index (χ1) is 5.85. The summed E-state index contributed by atoms with van der Waals surface area (Å²) in [5.74, 6) is 0. The van der Waals surface area contributed by atoms with E-state index in [0.717, 1.165) is 19.4 Å². The summed E-state index contributed by atoms with van der Waals surface area (Å²) in [5.41, 5.74) is 0. The first-order valence-electron chi connectivity index (χ1n) is 5.11. The van der Waals surface area contributed by atoms with E-state index >= 15 is 0 Å². The fourth-order valence-electron chi connectivity index (χ4n) is 1.11. The monoisotopic (exact) mass is 184 g/mol. The van der Waals surface area contributed by atoms with E-state index in [2.05, 4.69) is 32.9 Å². The Morgan fingerprint density at radius 1 is 1.08 bits per heavy atom. The van der Waals surface area contributed by atoms with Crippen LogP contribution in [0.3, 0.4) is 0 Å². The summed E-state index contributed by atoms with van der Waals surface area (Å²) in [6.07, 6.45) is 6.66. The molecule has 2 heteroatoms. The van der Waals surface area contributed by atoms with Gasteiger partial charge < -0.3 is 3.79 Å². The second-order valence-electron chi connectivity index (χ2n) is 2.98. The van der Waals surface area contributed by atoms with Crippen LogP contribution < -0.4 is 0 Å². The molecule has 12 heavy (non-hydrogen) atoms. The van der Waals surface area contributed by atoms with Gasteiger partial charge in [-0.05, 0) is 12.8 Å². The Bertz CT molecular complexity index is 108. The van der Waals surface area contributed by atoms with E-state index in [9.17, 15) is 0 Å². The Morgan fingerprint density at radius 2 is 1.75 bits per heavy atom. The highest BCUT2D eigenvalue weighted by Crippen LogP contribution is 2.00. The lowest BCUT2D eigenvalue weighted by atomic mass is 10.3. The number of hydrogen-bond donors (Lipinski definition) is 0. The third kappa shape index (κ3) is 6.91. The third-order valence-corrected chi connectivity index (χ3v) is 4.48. The highest BCUT2D eigenvalue weighted by Gasteiger charge is 2.13. The molecule has 0 unspecified atom stereocenters. The SMILES string of the molecule is CC/C=C\CC[O][Al]([CH2]C)[CH2]C. The molecule has 0 spiro atoms.